The Kier molecular flexibility index (Phi) is 4.54. The summed E-state index contributed by atoms with van der Waals surface area (Å²) in [4.78, 5) is 12.1. The van der Waals surface area contributed by atoms with Crippen LogP contribution in [-0.4, -0.2) is 34.4 Å². The number of benzene rings is 2. The number of carbonyl (C=O) groups excluding carboxylic acids is 1. The molecule has 0 spiro atoms. The van der Waals surface area contributed by atoms with Gasteiger partial charge in [-0.2, -0.15) is 0 Å². The molecule has 132 valence electrons. The van der Waals surface area contributed by atoms with Crippen molar-refractivity contribution in [2.24, 2.45) is 0 Å². The van der Waals surface area contributed by atoms with Crippen molar-refractivity contribution >= 4 is 33.1 Å². The smallest absolute Gasteiger partial charge is 0.323 e. The predicted octanol–water partition coefficient (Wildman–Crippen LogP) is 2.66. The number of ether oxygens (including phenoxy) is 1. The second-order valence-electron chi connectivity index (χ2n) is 5.74. The van der Waals surface area contributed by atoms with E-state index < -0.39 is 10.0 Å². The van der Waals surface area contributed by atoms with Gasteiger partial charge in [-0.05, 0) is 54.4 Å². The molecule has 1 aliphatic rings. The summed E-state index contributed by atoms with van der Waals surface area (Å²) in [5.74, 6) is 0.708. The van der Waals surface area contributed by atoms with Gasteiger partial charge in [-0.25, -0.2) is 13.2 Å². The summed E-state index contributed by atoms with van der Waals surface area (Å²) in [7, 11) is -1.70. The lowest BCUT2D eigenvalue weighted by Crippen LogP contribution is -2.27. The third kappa shape index (κ3) is 3.85. The van der Waals surface area contributed by atoms with E-state index >= 15 is 0 Å². The summed E-state index contributed by atoms with van der Waals surface area (Å²) in [6.45, 7) is 0.426. The Morgan fingerprint density at radius 2 is 1.72 bits per heavy atom. The Bertz CT molecular complexity index is 895. The van der Waals surface area contributed by atoms with Crippen LogP contribution in [0.25, 0.3) is 0 Å². The van der Waals surface area contributed by atoms with Gasteiger partial charge < -0.3 is 15.4 Å². The van der Waals surface area contributed by atoms with E-state index in [1.54, 1.807) is 49.6 Å². The second kappa shape index (κ2) is 6.64. The number of anilines is 3. The highest BCUT2D eigenvalue weighted by atomic mass is 32.2. The molecule has 2 aromatic rings. The van der Waals surface area contributed by atoms with Gasteiger partial charge in [0.15, 0.2) is 0 Å². The molecule has 2 aromatic carbocycles. The molecule has 0 aliphatic carbocycles. The zero-order valence-electron chi connectivity index (χ0n) is 13.9. The quantitative estimate of drug-likeness (QED) is 0.876. The largest absolute Gasteiger partial charge is 0.497 e. The lowest BCUT2D eigenvalue weighted by atomic mass is 10.1. The standard InChI is InChI=1S/C17H19N3O4S/c1-24-15-6-3-13(4-7-15)18-17(21)19-14-5-8-16-12(11-14)9-10-20(16)25(2,22)23/h3-8,11H,9-10H2,1-2H3,(H2,18,19,21). The molecule has 0 bridgehead atoms. The van der Waals surface area contributed by atoms with Gasteiger partial charge in [0.2, 0.25) is 10.0 Å². The molecule has 1 heterocycles. The summed E-state index contributed by atoms with van der Waals surface area (Å²) in [5, 5.41) is 5.48. The first-order valence-electron chi connectivity index (χ1n) is 7.69. The monoisotopic (exact) mass is 361 g/mol. The molecule has 3 rings (SSSR count). The number of nitrogens with zero attached hydrogens (tertiary/aromatic N) is 1. The molecule has 2 amide bonds. The molecule has 25 heavy (non-hydrogen) atoms. The summed E-state index contributed by atoms with van der Waals surface area (Å²) in [5.41, 5.74) is 2.82. The van der Waals surface area contributed by atoms with Crippen LogP contribution in [0, 0.1) is 0 Å². The molecule has 0 saturated carbocycles. The van der Waals surface area contributed by atoms with Crippen LogP contribution in [0.3, 0.4) is 0 Å². The highest BCUT2D eigenvalue weighted by molar-refractivity contribution is 7.92. The van der Waals surface area contributed by atoms with E-state index in [-0.39, 0.29) is 6.03 Å². The van der Waals surface area contributed by atoms with Crippen LogP contribution in [-0.2, 0) is 16.4 Å². The fourth-order valence-corrected chi connectivity index (χ4v) is 3.72. The molecular weight excluding hydrogens is 342 g/mol. The third-order valence-corrected chi connectivity index (χ3v) is 5.12. The maximum Gasteiger partial charge on any atom is 0.323 e. The van der Waals surface area contributed by atoms with Gasteiger partial charge in [0.1, 0.15) is 5.75 Å². The number of sulfonamides is 1. The van der Waals surface area contributed by atoms with Crippen LogP contribution in [0.1, 0.15) is 5.56 Å². The van der Waals surface area contributed by atoms with Crippen molar-refractivity contribution in [2.45, 2.75) is 6.42 Å². The Morgan fingerprint density at radius 1 is 1.08 bits per heavy atom. The van der Waals surface area contributed by atoms with Gasteiger partial charge in [0.25, 0.3) is 0 Å². The van der Waals surface area contributed by atoms with Gasteiger partial charge in [-0.15, -0.1) is 0 Å². The molecule has 0 atom stereocenters. The number of amides is 2. The molecule has 0 aromatic heterocycles. The SMILES string of the molecule is COc1ccc(NC(=O)Nc2ccc3c(c2)CCN3S(C)(=O)=O)cc1. The summed E-state index contributed by atoms with van der Waals surface area (Å²) >= 11 is 0. The second-order valence-corrected chi connectivity index (χ2v) is 7.64. The minimum absolute atomic E-state index is 0.372. The summed E-state index contributed by atoms with van der Waals surface area (Å²) < 4.78 is 29.9. The normalized spacial score (nSPS) is 13.3. The van der Waals surface area contributed by atoms with E-state index in [0.29, 0.717) is 35.8 Å². The van der Waals surface area contributed by atoms with E-state index in [2.05, 4.69) is 10.6 Å². The lowest BCUT2D eigenvalue weighted by molar-refractivity contribution is 0.262. The molecule has 0 unspecified atom stereocenters. The molecule has 0 fully saturated rings. The van der Waals surface area contributed by atoms with E-state index in [1.165, 1.54) is 10.6 Å². The van der Waals surface area contributed by atoms with E-state index in [4.69, 9.17) is 4.74 Å². The van der Waals surface area contributed by atoms with E-state index in [9.17, 15) is 13.2 Å². The number of carbonyl (C=O) groups is 1. The first-order valence-corrected chi connectivity index (χ1v) is 9.54. The summed E-state index contributed by atoms with van der Waals surface area (Å²) in [6.07, 6.45) is 1.81. The Balaban J connectivity index is 1.68. The number of rotatable bonds is 4. The molecule has 1 aliphatic heterocycles. The highest BCUT2D eigenvalue weighted by Gasteiger charge is 2.26. The molecule has 0 radical (unpaired) electrons. The van der Waals surface area contributed by atoms with E-state index in [1.807, 2.05) is 0 Å². The van der Waals surface area contributed by atoms with Crippen LogP contribution < -0.4 is 19.7 Å². The fraction of sp³-hybridized carbons (Fsp3) is 0.235. The Morgan fingerprint density at radius 3 is 2.36 bits per heavy atom. The molecule has 7 nitrogen and oxygen atoms in total. The Hall–Kier alpha value is -2.74. The fourth-order valence-electron chi connectivity index (χ4n) is 2.76. The molecule has 2 N–H and O–H groups in total. The lowest BCUT2D eigenvalue weighted by Gasteiger charge is -2.16. The number of fused-ring (bicyclic) bond motifs is 1. The zero-order valence-corrected chi connectivity index (χ0v) is 14.8. The molecule has 0 saturated heterocycles. The van der Waals surface area contributed by atoms with Crippen molar-refractivity contribution in [2.75, 3.05) is 34.8 Å². The van der Waals surface area contributed by atoms with Crippen molar-refractivity contribution < 1.29 is 17.9 Å². The average molecular weight is 361 g/mol. The van der Waals surface area contributed by atoms with E-state index in [0.717, 1.165) is 5.56 Å². The van der Waals surface area contributed by atoms with Crippen LogP contribution in [0.5, 0.6) is 5.75 Å². The molecular formula is C17H19N3O4S. The van der Waals surface area contributed by atoms with Gasteiger partial charge in [-0.1, -0.05) is 0 Å². The number of nitrogens with one attached hydrogen (secondary N) is 2. The van der Waals surface area contributed by atoms with Gasteiger partial charge >= 0.3 is 6.03 Å². The van der Waals surface area contributed by atoms with Gasteiger partial charge in [0.05, 0.1) is 19.1 Å². The first-order chi connectivity index (χ1) is 11.9. The number of hydrogen-bond donors (Lipinski definition) is 2. The van der Waals surface area contributed by atoms with Crippen LogP contribution in [0.2, 0.25) is 0 Å². The van der Waals surface area contributed by atoms with Crippen molar-refractivity contribution in [3.8, 4) is 5.75 Å². The number of hydrogen-bond acceptors (Lipinski definition) is 4. The first kappa shape index (κ1) is 17.1. The van der Waals surface area contributed by atoms with Gasteiger partial charge in [0, 0.05) is 17.9 Å². The predicted molar refractivity (Wildman–Crippen MR) is 98.0 cm³/mol. The van der Waals surface area contributed by atoms with Crippen LogP contribution in [0.4, 0.5) is 21.9 Å². The van der Waals surface area contributed by atoms with Gasteiger partial charge in [-0.3, -0.25) is 4.31 Å². The van der Waals surface area contributed by atoms with Crippen molar-refractivity contribution in [3.05, 3.63) is 48.0 Å². The maximum absolute atomic E-state index is 12.1. The average Bonchev–Trinajstić information content (AvgIpc) is 2.99. The maximum atomic E-state index is 12.1. The minimum atomic E-state index is -3.27. The summed E-state index contributed by atoms with van der Waals surface area (Å²) in [6, 6.07) is 11.8. The number of methoxy groups -OCH3 is 1. The van der Waals surface area contributed by atoms with Crippen molar-refractivity contribution in [1.82, 2.24) is 0 Å². The Labute approximate surface area is 146 Å². The van der Waals surface area contributed by atoms with Crippen LogP contribution >= 0.6 is 0 Å². The van der Waals surface area contributed by atoms with Crippen molar-refractivity contribution in [1.29, 1.82) is 0 Å². The molecule has 8 heteroatoms. The topological polar surface area (TPSA) is 87.7 Å². The highest BCUT2D eigenvalue weighted by Crippen LogP contribution is 2.32. The minimum Gasteiger partial charge on any atom is -0.497 e. The van der Waals surface area contributed by atoms with Crippen molar-refractivity contribution in [3.63, 3.8) is 0 Å². The number of urea groups is 1. The van der Waals surface area contributed by atoms with Crippen LogP contribution in [0.15, 0.2) is 42.5 Å². The zero-order chi connectivity index (χ0) is 18.0. The third-order valence-electron chi connectivity index (χ3n) is 3.94.